The van der Waals surface area contributed by atoms with E-state index in [9.17, 15) is 0 Å². The second-order valence-corrected chi connectivity index (χ2v) is 5.15. The lowest BCUT2D eigenvalue weighted by Crippen LogP contribution is -1.98. The third-order valence-electron chi connectivity index (χ3n) is 2.78. The fraction of sp³-hybridized carbons (Fsp3) is 0.467. The maximum absolute atomic E-state index is 6.21. The largest absolute Gasteiger partial charge is 0.491 e. The quantitative estimate of drug-likeness (QED) is 0.687. The number of benzene rings is 1. The molecule has 0 aliphatic carbocycles. The number of methoxy groups -OCH3 is 1. The van der Waals surface area contributed by atoms with Crippen LogP contribution in [0.2, 0.25) is 5.02 Å². The molecule has 0 radical (unpaired) electrons. The zero-order chi connectivity index (χ0) is 14.4. The SMILES string of the molecule is CCOc1cc(C=C(CCl)C(C)C)cc(Cl)c1OC. The van der Waals surface area contributed by atoms with Crippen LogP contribution in [0.3, 0.4) is 0 Å². The van der Waals surface area contributed by atoms with Crippen LogP contribution in [0, 0.1) is 5.92 Å². The zero-order valence-corrected chi connectivity index (χ0v) is 13.3. The molecule has 0 fully saturated rings. The van der Waals surface area contributed by atoms with Gasteiger partial charge in [-0.15, -0.1) is 11.6 Å². The van der Waals surface area contributed by atoms with Crippen LogP contribution in [0.1, 0.15) is 26.3 Å². The molecule has 106 valence electrons. The van der Waals surface area contributed by atoms with Crippen molar-refractivity contribution in [1.29, 1.82) is 0 Å². The summed E-state index contributed by atoms with van der Waals surface area (Å²) in [4.78, 5) is 0. The molecule has 4 heteroatoms. The molecule has 0 spiro atoms. The highest BCUT2D eigenvalue weighted by Gasteiger charge is 2.11. The predicted octanol–water partition coefficient (Wildman–Crippen LogP) is 5.03. The second kappa shape index (κ2) is 7.66. The van der Waals surface area contributed by atoms with Gasteiger partial charge in [-0.1, -0.05) is 37.1 Å². The molecule has 19 heavy (non-hydrogen) atoms. The van der Waals surface area contributed by atoms with Crippen LogP contribution in [-0.2, 0) is 0 Å². The number of halogens is 2. The molecule has 0 amide bonds. The van der Waals surface area contributed by atoms with E-state index in [1.165, 1.54) is 0 Å². The van der Waals surface area contributed by atoms with Gasteiger partial charge in [-0.3, -0.25) is 0 Å². The van der Waals surface area contributed by atoms with Gasteiger partial charge in [-0.25, -0.2) is 0 Å². The van der Waals surface area contributed by atoms with Gasteiger partial charge in [0.2, 0.25) is 0 Å². The molecule has 1 aromatic rings. The van der Waals surface area contributed by atoms with E-state index >= 15 is 0 Å². The minimum atomic E-state index is 0.397. The van der Waals surface area contributed by atoms with E-state index in [1.807, 2.05) is 25.1 Å². The van der Waals surface area contributed by atoms with Crippen LogP contribution in [0.5, 0.6) is 11.5 Å². The fourth-order valence-corrected chi connectivity index (χ4v) is 2.39. The number of alkyl halides is 1. The summed E-state index contributed by atoms with van der Waals surface area (Å²) in [6, 6.07) is 3.78. The van der Waals surface area contributed by atoms with Crippen molar-refractivity contribution in [3.05, 3.63) is 28.3 Å². The van der Waals surface area contributed by atoms with Crippen molar-refractivity contribution in [3.63, 3.8) is 0 Å². The van der Waals surface area contributed by atoms with E-state index in [1.54, 1.807) is 7.11 Å². The average molecular weight is 303 g/mol. The molecule has 1 aromatic carbocycles. The summed E-state index contributed by atoms with van der Waals surface area (Å²) in [6.07, 6.45) is 2.05. The molecular formula is C15H20Cl2O2. The van der Waals surface area contributed by atoms with Gasteiger partial charge in [0.05, 0.1) is 18.7 Å². The number of hydrogen-bond donors (Lipinski definition) is 0. The van der Waals surface area contributed by atoms with Gasteiger partial charge in [-0.05, 0) is 30.5 Å². The summed E-state index contributed by atoms with van der Waals surface area (Å²) in [5, 5.41) is 0.539. The van der Waals surface area contributed by atoms with Gasteiger partial charge >= 0.3 is 0 Å². The Morgan fingerprint density at radius 3 is 2.53 bits per heavy atom. The lowest BCUT2D eigenvalue weighted by molar-refractivity contribution is 0.311. The Hall–Kier alpha value is -0.860. The molecule has 0 atom stereocenters. The van der Waals surface area contributed by atoms with Crippen molar-refractivity contribution < 1.29 is 9.47 Å². The predicted molar refractivity (Wildman–Crippen MR) is 82.7 cm³/mol. The van der Waals surface area contributed by atoms with Crippen LogP contribution in [-0.4, -0.2) is 19.6 Å². The molecule has 0 aromatic heterocycles. The topological polar surface area (TPSA) is 18.5 Å². The van der Waals surface area contributed by atoms with Crippen molar-refractivity contribution in [2.24, 2.45) is 5.92 Å². The number of hydrogen-bond acceptors (Lipinski definition) is 2. The lowest BCUT2D eigenvalue weighted by atomic mass is 10.0. The molecule has 0 saturated heterocycles. The normalized spacial score (nSPS) is 11.8. The van der Waals surface area contributed by atoms with Crippen molar-refractivity contribution in [2.45, 2.75) is 20.8 Å². The number of allylic oxidation sites excluding steroid dienone is 1. The van der Waals surface area contributed by atoms with Crippen LogP contribution >= 0.6 is 23.2 Å². The first-order chi connectivity index (χ1) is 9.03. The molecule has 0 bridgehead atoms. The van der Waals surface area contributed by atoms with Crippen molar-refractivity contribution in [3.8, 4) is 11.5 Å². The molecule has 0 saturated carbocycles. The monoisotopic (exact) mass is 302 g/mol. The molecule has 0 unspecified atom stereocenters. The van der Waals surface area contributed by atoms with Gasteiger partial charge in [0.25, 0.3) is 0 Å². The second-order valence-electron chi connectivity index (χ2n) is 4.47. The Morgan fingerprint density at radius 2 is 2.05 bits per heavy atom. The van der Waals surface area contributed by atoms with Gasteiger partial charge in [0, 0.05) is 5.88 Å². The molecule has 0 heterocycles. The van der Waals surface area contributed by atoms with E-state index in [0.717, 1.165) is 11.1 Å². The van der Waals surface area contributed by atoms with Crippen LogP contribution in [0.4, 0.5) is 0 Å². The Kier molecular flexibility index (Phi) is 6.53. The molecular weight excluding hydrogens is 283 g/mol. The average Bonchev–Trinajstić information content (AvgIpc) is 2.35. The highest BCUT2D eigenvalue weighted by Crippen LogP contribution is 2.37. The minimum Gasteiger partial charge on any atom is -0.491 e. The minimum absolute atomic E-state index is 0.397. The van der Waals surface area contributed by atoms with Crippen LogP contribution < -0.4 is 9.47 Å². The summed E-state index contributed by atoms with van der Waals surface area (Å²) in [6.45, 7) is 6.71. The highest BCUT2D eigenvalue weighted by atomic mass is 35.5. The first-order valence-corrected chi connectivity index (χ1v) is 7.21. The fourth-order valence-electron chi connectivity index (χ4n) is 1.71. The summed E-state index contributed by atoms with van der Waals surface area (Å²) in [5.74, 6) is 2.12. The van der Waals surface area contributed by atoms with Gasteiger partial charge in [0.15, 0.2) is 11.5 Å². The smallest absolute Gasteiger partial charge is 0.179 e. The third kappa shape index (κ3) is 4.32. The maximum Gasteiger partial charge on any atom is 0.179 e. The standard InChI is InChI=1S/C15H20Cl2O2/c1-5-19-14-8-11(6-12(9-16)10(2)3)7-13(17)15(14)18-4/h6-8,10H,5,9H2,1-4H3. The Morgan fingerprint density at radius 1 is 1.37 bits per heavy atom. The van der Waals surface area contributed by atoms with E-state index in [0.29, 0.717) is 34.9 Å². The van der Waals surface area contributed by atoms with Gasteiger partial charge in [-0.2, -0.15) is 0 Å². The molecule has 2 nitrogen and oxygen atoms in total. The maximum atomic E-state index is 6.21. The van der Waals surface area contributed by atoms with Gasteiger partial charge in [0.1, 0.15) is 0 Å². The lowest BCUT2D eigenvalue weighted by Gasteiger charge is -2.13. The summed E-state index contributed by atoms with van der Waals surface area (Å²) >= 11 is 12.2. The van der Waals surface area contributed by atoms with Crippen LogP contribution in [0.25, 0.3) is 6.08 Å². The highest BCUT2D eigenvalue weighted by molar-refractivity contribution is 6.32. The Balaban J connectivity index is 3.23. The molecule has 1 rings (SSSR count). The number of rotatable bonds is 6. The Labute approximate surface area is 125 Å². The first kappa shape index (κ1) is 16.2. The molecule has 0 aliphatic rings. The van der Waals surface area contributed by atoms with Crippen LogP contribution in [0.15, 0.2) is 17.7 Å². The molecule has 0 aliphatic heterocycles. The summed E-state index contributed by atoms with van der Waals surface area (Å²) < 4.78 is 10.8. The van der Waals surface area contributed by atoms with Crippen molar-refractivity contribution in [1.82, 2.24) is 0 Å². The van der Waals surface area contributed by atoms with Crippen molar-refractivity contribution >= 4 is 29.3 Å². The van der Waals surface area contributed by atoms with E-state index in [-0.39, 0.29) is 0 Å². The summed E-state index contributed by atoms with van der Waals surface area (Å²) in [7, 11) is 1.58. The zero-order valence-electron chi connectivity index (χ0n) is 11.8. The Bertz CT molecular complexity index is 454. The third-order valence-corrected chi connectivity index (χ3v) is 3.37. The van der Waals surface area contributed by atoms with E-state index in [4.69, 9.17) is 32.7 Å². The first-order valence-electron chi connectivity index (χ1n) is 6.30. The summed E-state index contributed by atoms with van der Waals surface area (Å²) in [5.41, 5.74) is 2.13. The molecule has 0 N–H and O–H groups in total. The van der Waals surface area contributed by atoms with Crippen molar-refractivity contribution in [2.75, 3.05) is 19.6 Å². The number of ether oxygens (including phenoxy) is 2. The van der Waals surface area contributed by atoms with Gasteiger partial charge < -0.3 is 9.47 Å². The van der Waals surface area contributed by atoms with E-state index in [2.05, 4.69) is 13.8 Å². The van der Waals surface area contributed by atoms with E-state index < -0.39 is 0 Å².